The summed E-state index contributed by atoms with van der Waals surface area (Å²) in [5.41, 5.74) is -0.00850. The Morgan fingerprint density at radius 1 is 1.59 bits per heavy atom. The number of rotatable bonds is 4. The van der Waals surface area contributed by atoms with Gasteiger partial charge in [-0.05, 0) is 46.5 Å². The molecule has 0 aliphatic heterocycles. The molecule has 92 valence electrons. The molecule has 0 radical (unpaired) electrons. The first kappa shape index (κ1) is 12.5. The number of aliphatic carboxylic acids is 1. The highest BCUT2D eigenvalue weighted by Crippen LogP contribution is 2.50. The molecular weight excluding hydrogens is 291 g/mol. The molecule has 1 aromatic carbocycles. The molecule has 0 spiro atoms. The van der Waals surface area contributed by atoms with Gasteiger partial charge in [-0.1, -0.05) is 0 Å². The smallest absolute Gasteiger partial charge is 0.314 e. The zero-order valence-electron chi connectivity index (χ0n) is 9.30. The van der Waals surface area contributed by atoms with Crippen molar-refractivity contribution in [3.63, 3.8) is 0 Å². The molecule has 0 atom stereocenters. The van der Waals surface area contributed by atoms with Gasteiger partial charge in [-0.25, -0.2) is 4.39 Å². The van der Waals surface area contributed by atoms with E-state index in [1.807, 2.05) is 0 Å². The normalized spacial score (nSPS) is 16.9. The van der Waals surface area contributed by atoms with Crippen LogP contribution >= 0.6 is 15.9 Å². The summed E-state index contributed by atoms with van der Waals surface area (Å²) >= 11 is 3.11. The molecule has 1 aliphatic carbocycles. The molecule has 0 saturated heterocycles. The second-order valence-corrected chi connectivity index (χ2v) is 5.11. The van der Waals surface area contributed by atoms with E-state index in [4.69, 9.17) is 4.74 Å². The van der Waals surface area contributed by atoms with Gasteiger partial charge in [0.1, 0.15) is 5.82 Å². The first-order chi connectivity index (χ1) is 8.01. The molecule has 1 aliphatic rings. The van der Waals surface area contributed by atoms with E-state index in [1.165, 1.54) is 0 Å². The molecule has 0 bridgehead atoms. The first-order valence-corrected chi connectivity index (χ1v) is 6.01. The van der Waals surface area contributed by atoms with Gasteiger partial charge in [-0.3, -0.25) is 4.79 Å². The molecule has 0 heterocycles. The molecule has 2 rings (SSSR count). The van der Waals surface area contributed by atoms with Gasteiger partial charge in [0.25, 0.3) is 0 Å². The third-order valence-electron chi connectivity index (χ3n) is 3.07. The van der Waals surface area contributed by atoms with Crippen LogP contribution in [0.25, 0.3) is 0 Å². The molecule has 3 nitrogen and oxygen atoms in total. The summed E-state index contributed by atoms with van der Waals surface area (Å²) in [6, 6.07) is 3.20. The minimum Gasteiger partial charge on any atom is -0.481 e. The minimum atomic E-state index is -1.03. The predicted octanol–water partition coefficient (Wildman–Crippen LogP) is 2.85. The zero-order chi connectivity index (χ0) is 12.6. The maximum atomic E-state index is 14.0. The highest BCUT2D eigenvalue weighted by Gasteiger charge is 2.53. The van der Waals surface area contributed by atoms with Gasteiger partial charge < -0.3 is 9.84 Å². The summed E-state index contributed by atoms with van der Waals surface area (Å²) in [4.78, 5) is 11.2. The van der Waals surface area contributed by atoms with Crippen molar-refractivity contribution in [2.24, 2.45) is 0 Å². The maximum Gasteiger partial charge on any atom is 0.314 e. The summed E-state index contributed by atoms with van der Waals surface area (Å²) in [6.45, 7) is 0.335. The number of hydrogen-bond donors (Lipinski definition) is 1. The molecule has 1 aromatic rings. The third kappa shape index (κ3) is 2.09. The van der Waals surface area contributed by atoms with Crippen LogP contribution in [0.4, 0.5) is 4.39 Å². The van der Waals surface area contributed by atoms with E-state index in [2.05, 4.69) is 15.9 Å². The average molecular weight is 303 g/mol. The maximum absolute atomic E-state index is 14.0. The molecule has 1 fully saturated rings. The number of carbonyl (C=O) groups is 1. The van der Waals surface area contributed by atoms with E-state index in [1.54, 1.807) is 19.2 Å². The van der Waals surface area contributed by atoms with Gasteiger partial charge in [-0.15, -0.1) is 0 Å². The monoisotopic (exact) mass is 302 g/mol. The predicted molar refractivity (Wildman–Crippen MR) is 63.4 cm³/mol. The number of halogens is 2. The summed E-state index contributed by atoms with van der Waals surface area (Å²) in [7, 11) is 1.54. The Hall–Kier alpha value is -0.940. The van der Waals surface area contributed by atoms with E-state index < -0.39 is 17.2 Å². The van der Waals surface area contributed by atoms with Crippen LogP contribution in [0.5, 0.6) is 0 Å². The topological polar surface area (TPSA) is 46.5 Å². The SMILES string of the molecule is COCc1cc(Br)c(F)c(C2(C(=O)O)CC2)c1. The third-order valence-corrected chi connectivity index (χ3v) is 3.65. The quantitative estimate of drug-likeness (QED) is 0.930. The second kappa shape index (κ2) is 4.38. The van der Waals surface area contributed by atoms with Crippen LogP contribution in [-0.4, -0.2) is 18.2 Å². The summed E-state index contributed by atoms with van der Waals surface area (Å²) in [6.07, 6.45) is 0.976. The molecule has 1 saturated carbocycles. The highest BCUT2D eigenvalue weighted by atomic mass is 79.9. The molecule has 0 aromatic heterocycles. The summed E-state index contributed by atoms with van der Waals surface area (Å²) in [5.74, 6) is -1.44. The molecular formula is C12H12BrFO3. The van der Waals surface area contributed by atoms with Crippen LogP contribution in [0.2, 0.25) is 0 Å². The van der Waals surface area contributed by atoms with Crippen LogP contribution in [0.1, 0.15) is 24.0 Å². The Bertz CT molecular complexity index is 469. The fourth-order valence-corrected chi connectivity index (χ4v) is 2.47. The number of carboxylic acids is 1. The van der Waals surface area contributed by atoms with Crippen molar-refractivity contribution < 1.29 is 19.0 Å². The summed E-state index contributed by atoms with van der Waals surface area (Å²) < 4.78 is 19.2. The first-order valence-electron chi connectivity index (χ1n) is 5.22. The number of hydrogen-bond acceptors (Lipinski definition) is 2. The fourth-order valence-electron chi connectivity index (χ4n) is 1.97. The molecule has 1 N–H and O–H groups in total. The lowest BCUT2D eigenvalue weighted by Gasteiger charge is -2.14. The number of benzene rings is 1. The lowest BCUT2D eigenvalue weighted by Crippen LogP contribution is -2.21. The fraction of sp³-hybridized carbons (Fsp3) is 0.417. The molecule has 17 heavy (non-hydrogen) atoms. The number of ether oxygens (including phenoxy) is 1. The van der Waals surface area contributed by atoms with Gasteiger partial charge in [0, 0.05) is 12.7 Å². The average Bonchev–Trinajstić information content (AvgIpc) is 3.04. The van der Waals surface area contributed by atoms with Crippen molar-refractivity contribution in [2.75, 3.05) is 7.11 Å². The van der Waals surface area contributed by atoms with Crippen molar-refractivity contribution in [1.82, 2.24) is 0 Å². The zero-order valence-corrected chi connectivity index (χ0v) is 10.9. The molecule has 0 amide bonds. The Kier molecular flexibility index (Phi) is 3.23. The van der Waals surface area contributed by atoms with Gasteiger partial charge in [0.05, 0.1) is 16.5 Å². The van der Waals surface area contributed by atoms with Gasteiger partial charge >= 0.3 is 5.97 Å². The van der Waals surface area contributed by atoms with Crippen LogP contribution in [0.15, 0.2) is 16.6 Å². The lowest BCUT2D eigenvalue weighted by molar-refractivity contribution is -0.140. The standard InChI is InChI=1S/C12H12BrFO3/c1-17-6-7-4-8(10(14)9(13)5-7)12(2-3-12)11(15)16/h4-5H,2-3,6H2,1H3,(H,15,16). The Morgan fingerprint density at radius 2 is 2.24 bits per heavy atom. The van der Waals surface area contributed by atoms with Gasteiger partial charge in [0.2, 0.25) is 0 Å². The van der Waals surface area contributed by atoms with E-state index in [9.17, 15) is 14.3 Å². The number of methoxy groups -OCH3 is 1. The Labute approximate surface area is 107 Å². The largest absolute Gasteiger partial charge is 0.481 e. The van der Waals surface area contributed by atoms with Gasteiger partial charge in [0.15, 0.2) is 0 Å². The molecule has 0 unspecified atom stereocenters. The lowest BCUT2D eigenvalue weighted by atomic mass is 9.94. The van der Waals surface area contributed by atoms with Crippen molar-refractivity contribution in [3.05, 3.63) is 33.5 Å². The van der Waals surface area contributed by atoms with E-state index in [-0.39, 0.29) is 10.0 Å². The van der Waals surface area contributed by atoms with Crippen molar-refractivity contribution in [2.45, 2.75) is 24.9 Å². The van der Waals surface area contributed by atoms with E-state index in [0.29, 0.717) is 19.4 Å². The number of carboxylic acid groups (broad SMARTS) is 1. The highest BCUT2D eigenvalue weighted by molar-refractivity contribution is 9.10. The Morgan fingerprint density at radius 3 is 2.71 bits per heavy atom. The van der Waals surface area contributed by atoms with E-state index in [0.717, 1.165) is 5.56 Å². The van der Waals surface area contributed by atoms with Crippen LogP contribution < -0.4 is 0 Å². The minimum absolute atomic E-state index is 0.256. The van der Waals surface area contributed by atoms with Crippen LogP contribution in [0, 0.1) is 5.82 Å². The molecule has 5 heteroatoms. The van der Waals surface area contributed by atoms with Crippen LogP contribution in [-0.2, 0) is 21.6 Å². The van der Waals surface area contributed by atoms with Crippen molar-refractivity contribution >= 4 is 21.9 Å². The van der Waals surface area contributed by atoms with Gasteiger partial charge in [-0.2, -0.15) is 0 Å². The van der Waals surface area contributed by atoms with Crippen molar-refractivity contribution in [1.29, 1.82) is 0 Å². The second-order valence-electron chi connectivity index (χ2n) is 4.26. The Balaban J connectivity index is 2.49. The summed E-state index contributed by atoms with van der Waals surface area (Å²) in [5, 5.41) is 9.18. The van der Waals surface area contributed by atoms with Crippen LogP contribution in [0.3, 0.4) is 0 Å². The van der Waals surface area contributed by atoms with Crippen molar-refractivity contribution in [3.8, 4) is 0 Å². The van der Waals surface area contributed by atoms with E-state index >= 15 is 0 Å².